The van der Waals surface area contributed by atoms with Crippen LogP contribution in [0.15, 0.2) is 66.9 Å². The van der Waals surface area contributed by atoms with E-state index in [1.807, 2.05) is 36.4 Å². The average Bonchev–Trinajstić information content (AvgIpc) is 2.96. The number of hydrogen-bond acceptors (Lipinski definition) is 1. The normalized spacial score (nSPS) is 11.6. The van der Waals surface area contributed by atoms with Gasteiger partial charge in [0.15, 0.2) is 0 Å². The van der Waals surface area contributed by atoms with Gasteiger partial charge in [-0.1, -0.05) is 42.5 Å². The molecule has 3 aromatic rings. The second kappa shape index (κ2) is 5.67. The van der Waals surface area contributed by atoms with Crippen LogP contribution in [-0.2, 0) is 12.7 Å². The van der Waals surface area contributed by atoms with Gasteiger partial charge in [-0.05, 0) is 29.3 Å². The molecule has 5 heteroatoms. The Hall–Kier alpha value is -2.56. The zero-order valence-electron chi connectivity index (χ0n) is 11.6. The van der Waals surface area contributed by atoms with E-state index < -0.39 is 11.7 Å². The molecule has 3 rings (SSSR count). The number of halogens is 3. The molecule has 0 N–H and O–H groups in total. The van der Waals surface area contributed by atoms with Crippen LogP contribution in [0, 0.1) is 0 Å². The van der Waals surface area contributed by atoms with Crippen LogP contribution in [0.25, 0.3) is 11.3 Å². The Morgan fingerprint density at radius 3 is 2.41 bits per heavy atom. The Labute approximate surface area is 125 Å². The van der Waals surface area contributed by atoms with E-state index in [4.69, 9.17) is 0 Å². The lowest BCUT2D eigenvalue weighted by Gasteiger charge is -2.11. The van der Waals surface area contributed by atoms with Crippen molar-refractivity contribution in [2.45, 2.75) is 12.7 Å². The van der Waals surface area contributed by atoms with Gasteiger partial charge in [0.2, 0.25) is 0 Å². The first-order chi connectivity index (χ1) is 10.5. The summed E-state index contributed by atoms with van der Waals surface area (Å²) in [5, 5.41) is 4.22. The molecule has 1 heterocycles. The van der Waals surface area contributed by atoms with Crippen molar-refractivity contribution in [1.29, 1.82) is 0 Å². The minimum Gasteiger partial charge on any atom is -0.260 e. The molecule has 2 aromatic carbocycles. The minimum absolute atomic E-state index is 0.293. The van der Waals surface area contributed by atoms with Gasteiger partial charge in [-0.15, -0.1) is 0 Å². The minimum atomic E-state index is -4.33. The molecule has 0 radical (unpaired) electrons. The number of nitrogens with zero attached hydrogens (tertiary/aromatic N) is 2. The molecule has 0 saturated carbocycles. The van der Waals surface area contributed by atoms with Gasteiger partial charge in [0, 0.05) is 6.20 Å². The zero-order valence-corrected chi connectivity index (χ0v) is 11.6. The molecular weight excluding hydrogens is 289 g/mol. The summed E-state index contributed by atoms with van der Waals surface area (Å²) in [6, 6.07) is 16.8. The molecule has 0 amide bonds. The van der Waals surface area contributed by atoms with E-state index in [0.717, 1.165) is 23.4 Å². The maximum atomic E-state index is 12.8. The van der Waals surface area contributed by atoms with Crippen molar-refractivity contribution < 1.29 is 13.2 Å². The van der Waals surface area contributed by atoms with Crippen molar-refractivity contribution in [2.75, 3.05) is 0 Å². The van der Waals surface area contributed by atoms with Crippen LogP contribution < -0.4 is 0 Å². The average molecular weight is 302 g/mol. The third kappa shape index (κ3) is 3.03. The van der Waals surface area contributed by atoms with E-state index in [-0.39, 0.29) is 0 Å². The Morgan fingerprint density at radius 2 is 1.68 bits per heavy atom. The lowest BCUT2D eigenvalue weighted by Crippen LogP contribution is -2.08. The summed E-state index contributed by atoms with van der Waals surface area (Å²) in [4.78, 5) is 0. The molecule has 0 fully saturated rings. The second-order valence-corrected chi connectivity index (χ2v) is 4.94. The monoisotopic (exact) mass is 302 g/mol. The molecule has 0 spiro atoms. The predicted octanol–water partition coefficient (Wildman–Crippen LogP) is 4.62. The molecular formula is C17H13F3N2. The van der Waals surface area contributed by atoms with Crippen molar-refractivity contribution in [1.82, 2.24) is 9.78 Å². The van der Waals surface area contributed by atoms with Gasteiger partial charge in [0.25, 0.3) is 0 Å². The van der Waals surface area contributed by atoms with E-state index >= 15 is 0 Å². The number of hydrogen-bond donors (Lipinski definition) is 0. The quantitative estimate of drug-likeness (QED) is 0.690. The van der Waals surface area contributed by atoms with Crippen LogP contribution in [0.2, 0.25) is 0 Å². The molecule has 0 aliphatic rings. The fourth-order valence-corrected chi connectivity index (χ4v) is 2.33. The summed E-state index contributed by atoms with van der Waals surface area (Å²) in [6.45, 7) is 0.293. The summed E-state index contributed by atoms with van der Waals surface area (Å²) < 4.78 is 40.0. The summed E-state index contributed by atoms with van der Waals surface area (Å²) >= 11 is 0. The fraction of sp³-hybridized carbons (Fsp3) is 0.118. The van der Waals surface area contributed by atoms with Crippen LogP contribution >= 0.6 is 0 Å². The number of alkyl halides is 3. The van der Waals surface area contributed by atoms with Crippen LogP contribution in [0.5, 0.6) is 0 Å². The Morgan fingerprint density at radius 1 is 0.909 bits per heavy atom. The number of aromatic nitrogens is 2. The number of benzene rings is 2. The largest absolute Gasteiger partial charge is 0.416 e. The standard InChI is InChI=1S/C17H13F3N2/c18-17(19,20)15-8-4-5-13(11-15)12-22-16(9-10-21-22)14-6-2-1-3-7-14/h1-11H,12H2. The van der Waals surface area contributed by atoms with Gasteiger partial charge in [-0.2, -0.15) is 18.3 Å². The predicted molar refractivity (Wildman–Crippen MR) is 78.2 cm³/mol. The van der Waals surface area contributed by atoms with Crippen molar-refractivity contribution in [3.05, 3.63) is 78.0 Å². The van der Waals surface area contributed by atoms with Crippen LogP contribution in [0.4, 0.5) is 13.2 Å². The third-order valence-electron chi connectivity index (χ3n) is 3.37. The first-order valence-electron chi connectivity index (χ1n) is 6.77. The van der Waals surface area contributed by atoms with E-state index in [1.54, 1.807) is 16.9 Å². The highest BCUT2D eigenvalue weighted by molar-refractivity contribution is 5.59. The summed E-state index contributed by atoms with van der Waals surface area (Å²) in [6.07, 6.45) is -2.68. The van der Waals surface area contributed by atoms with Gasteiger partial charge in [0.05, 0.1) is 17.8 Å². The van der Waals surface area contributed by atoms with Crippen LogP contribution in [0.1, 0.15) is 11.1 Å². The Kier molecular flexibility index (Phi) is 3.71. The van der Waals surface area contributed by atoms with E-state index in [1.165, 1.54) is 6.07 Å². The maximum absolute atomic E-state index is 12.8. The molecule has 1 aromatic heterocycles. The molecule has 2 nitrogen and oxygen atoms in total. The zero-order chi connectivity index (χ0) is 15.6. The van der Waals surface area contributed by atoms with Gasteiger partial charge in [-0.25, -0.2) is 0 Å². The lowest BCUT2D eigenvalue weighted by atomic mass is 10.1. The van der Waals surface area contributed by atoms with Gasteiger partial charge in [0.1, 0.15) is 0 Å². The molecule has 112 valence electrons. The van der Waals surface area contributed by atoms with E-state index in [9.17, 15) is 13.2 Å². The topological polar surface area (TPSA) is 17.8 Å². The highest BCUT2D eigenvalue weighted by Gasteiger charge is 2.30. The third-order valence-corrected chi connectivity index (χ3v) is 3.37. The van der Waals surface area contributed by atoms with Gasteiger partial charge >= 0.3 is 6.18 Å². The second-order valence-electron chi connectivity index (χ2n) is 4.94. The number of rotatable bonds is 3. The fourth-order valence-electron chi connectivity index (χ4n) is 2.33. The smallest absolute Gasteiger partial charge is 0.260 e. The maximum Gasteiger partial charge on any atom is 0.416 e. The summed E-state index contributed by atoms with van der Waals surface area (Å²) in [5.74, 6) is 0. The molecule has 22 heavy (non-hydrogen) atoms. The van der Waals surface area contributed by atoms with Gasteiger partial charge < -0.3 is 0 Å². The summed E-state index contributed by atoms with van der Waals surface area (Å²) in [5.41, 5.74) is 1.78. The summed E-state index contributed by atoms with van der Waals surface area (Å²) in [7, 11) is 0. The Bertz CT molecular complexity index is 761. The molecule has 0 bridgehead atoms. The molecule has 0 unspecified atom stereocenters. The highest BCUT2D eigenvalue weighted by Crippen LogP contribution is 2.30. The van der Waals surface area contributed by atoms with Crippen LogP contribution in [0.3, 0.4) is 0 Å². The first-order valence-corrected chi connectivity index (χ1v) is 6.77. The van der Waals surface area contributed by atoms with Crippen molar-refractivity contribution in [2.24, 2.45) is 0 Å². The lowest BCUT2D eigenvalue weighted by molar-refractivity contribution is -0.137. The van der Waals surface area contributed by atoms with Crippen molar-refractivity contribution in [3.63, 3.8) is 0 Å². The van der Waals surface area contributed by atoms with Crippen molar-refractivity contribution in [3.8, 4) is 11.3 Å². The SMILES string of the molecule is FC(F)(F)c1cccc(Cn2nccc2-c2ccccc2)c1. The highest BCUT2D eigenvalue weighted by atomic mass is 19.4. The van der Waals surface area contributed by atoms with Crippen LogP contribution in [-0.4, -0.2) is 9.78 Å². The van der Waals surface area contributed by atoms with Gasteiger partial charge in [-0.3, -0.25) is 4.68 Å². The molecule has 0 aliphatic carbocycles. The molecule has 0 saturated heterocycles. The van der Waals surface area contributed by atoms with E-state index in [0.29, 0.717) is 12.1 Å². The molecule has 0 aliphatic heterocycles. The van der Waals surface area contributed by atoms with Crippen molar-refractivity contribution >= 4 is 0 Å². The Balaban J connectivity index is 1.91. The molecule has 0 atom stereocenters. The van der Waals surface area contributed by atoms with E-state index in [2.05, 4.69) is 5.10 Å². The first kappa shape index (κ1) is 14.4.